The van der Waals surface area contributed by atoms with Crippen molar-refractivity contribution in [2.75, 3.05) is 5.32 Å². The molecule has 0 aliphatic carbocycles. The summed E-state index contributed by atoms with van der Waals surface area (Å²) >= 11 is 0. The average molecular weight is 242 g/mol. The van der Waals surface area contributed by atoms with Crippen LogP contribution in [-0.2, 0) is 6.54 Å². The minimum atomic E-state index is -0.510. The number of nitrogens with two attached hydrogens (primary N) is 2. The zero-order valence-electron chi connectivity index (χ0n) is 9.76. The van der Waals surface area contributed by atoms with Crippen molar-refractivity contribution in [1.29, 1.82) is 0 Å². The van der Waals surface area contributed by atoms with Crippen molar-refractivity contribution in [2.45, 2.75) is 6.54 Å². The topological polar surface area (TPSA) is 94.0 Å². The van der Waals surface area contributed by atoms with E-state index < -0.39 is 5.91 Å². The zero-order valence-corrected chi connectivity index (χ0v) is 9.76. The highest BCUT2D eigenvalue weighted by atomic mass is 16.1. The summed E-state index contributed by atoms with van der Waals surface area (Å²) in [5.74, 6) is -0.0605. The number of rotatable bonds is 4. The number of anilines is 2. The Bertz CT molecular complexity index is 551. The van der Waals surface area contributed by atoms with E-state index in [2.05, 4.69) is 10.3 Å². The first-order valence-corrected chi connectivity index (χ1v) is 5.51. The monoisotopic (exact) mass is 242 g/mol. The van der Waals surface area contributed by atoms with E-state index in [1.165, 1.54) is 0 Å². The SMILES string of the molecule is NCc1ccc(Nc2ncccc2C(N)=O)cc1. The van der Waals surface area contributed by atoms with Crippen LogP contribution in [0.15, 0.2) is 42.6 Å². The number of nitrogens with zero attached hydrogens (tertiary/aromatic N) is 1. The molecule has 2 aromatic rings. The average Bonchev–Trinajstić information content (AvgIpc) is 2.40. The van der Waals surface area contributed by atoms with E-state index in [9.17, 15) is 4.79 Å². The fourth-order valence-corrected chi connectivity index (χ4v) is 1.56. The van der Waals surface area contributed by atoms with E-state index in [1.54, 1.807) is 18.3 Å². The quantitative estimate of drug-likeness (QED) is 0.755. The van der Waals surface area contributed by atoms with Gasteiger partial charge in [-0.3, -0.25) is 4.79 Å². The lowest BCUT2D eigenvalue weighted by atomic mass is 10.2. The van der Waals surface area contributed by atoms with Crippen LogP contribution in [0.5, 0.6) is 0 Å². The smallest absolute Gasteiger partial charge is 0.252 e. The Balaban J connectivity index is 2.25. The summed E-state index contributed by atoms with van der Waals surface area (Å²) in [5, 5.41) is 3.05. The second-order valence-electron chi connectivity index (χ2n) is 3.79. The molecule has 0 aliphatic heterocycles. The van der Waals surface area contributed by atoms with Gasteiger partial charge in [0, 0.05) is 18.4 Å². The first kappa shape index (κ1) is 12.1. The number of carbonyl (C=O) groups excluding carboxylic acids is 1. The van der Waals surface area contributed by atoms with Crippen LogP contribution < -0.4 is 16.8 Å². The summed E-state index contributed by atoms with van der Waals surface area (Å²) in [7, 11) is 0. The van der Waals surface area contributed by atoms with E-state index in [0.717, 1.165) is 11.3 Å². The summed E-state index contributed by atoms with van der Waals surface area (Å²) in [6.07, 6.45) is 1.60. The molecular weight excluding hydrogens is 228 g/mol. The number of primary amides is 1. The van der Waals surface area contributed by atoms with E-state index in [4.69, 9.17) is 11.5 Å². The first-order chi connectivity index (χ1) is 8.70. The molecule has 2 rings (SSSR count). The number of carbonyl (C=O) groups is 1. The fourth-order valence-electron chi connectivity index (χ4n) is 1.56. The molecule has 1 aromatic heterocycles. The van der Waals surface area contributed by atoms with Crippen LogP contribution in [0.1, 0.15) is 15.9 Å². The van der Waals surface area contributed by atoms with E-state index in [1.807, 2.05) is 24.3 Å². The Kier molecular flexibility index (Phi) is 3.54. The third-order valence-corrected chi connectivity index (χ3v) is 2.53. The second kappa shape index (κ2) is 5.29. The van der Waals surface area contributed by atoms with Gasteiger partial charge >= 0.3 is 0 Å². The highest BCUT2D eigenvalue weighted by Crippen LogP contribution is 2.18. The molecule has 0 spiro atoms. The maximum atomic E-state index is 11.2. The molecule has 0 atom stereocenters. The lowest BCUT2D eigenvalue weighted by molar-refractivity contribution is 0.100. The molecule has 0 aliphatic rings. The molecule has 0 saturated heterocycles. The Morgan fingerprint density at radius 1 is 1.22 bits per heavy atom. The van der Waals surface area contributed by atoms with Crippen molar-refractivity contribution in [2.24, 2.45) is 11.5 Å². The van der Waals surface area contributed by atoms with Gasteiger partial charge < -0.3 is 16.8 Å². The molecule has 1 aromatic carbocycles. The van der Waals surface area contributed by atoms with Gasteiger partial charge in [0.05, 0.1) is 5.56 Å². The number of hydrogen-bond acceptors (Lipinski definition) is 4. The van der Waals surface area contributed by atoms with Gasteiger partial charge in [-0.05, 0) is 29.8 Å². The van der Waals surface area contributed by atoms with Crippen molar-refractivity contribution in [3.63, 3.8) is 0 Å². The molecule has 1 heterocycles. The highest BCUT2D eigenvalue weighted by Gasteiger charge is 2.08. The number of aromatic nitrogens is 1. The van der Waals surface area contributed by atoms with Crippen molar-refractivity contribution in [1.82, 2.24) is 4.98 Å². The summed E-state index contributed by atoms with van der Waals surface area (Å²) in [4.78, 5) is 15.3. The predicted octanol–water partition coefficient (Wildman–Crippen LogP) is 1.38. The molecule has 0 saturated carbocycles. The Hall–Kier alpha value is -2.40. The van der Waals surface area contributed by atoms with Crippen LogP contribution in [0.25, 0.3) is 0 Å². The van der Waals surface area contributed by atoms with Crippen LogP contribution in [-0.4, -0.2) is 10.9 Å². The molecule has 5 nitrogen and oxygen atoms in total. The molecule has 18 heavy (non-hydrogen) atoms. The molecule has 1 amide bonds. The normalized spacial score (nSPS) is 10.1. The van der Waals surface area contributed by atoms with Gasteiger partial charge in [-0.2, -0.15) is 0 Å². The van der Waals surface area contributed by atoms with Gasteiger partial charge in [-0.25, -0.2) is 4.98 Å². The fraction of sp³-hybridized carbons (Fsp3) is 0.0769. The Morgan fingerprint density at radius 3 is 2.56 bits per heavy atom. The number of nitrogens with one attached hydrogen (secondary N) is 1. The van der Waals surface area contributed by atoms with Crippen molar-refractivity contribution < 1.29 is 4.79 Å². The lowest BCUT2D eigenvalue weighted by Gasteiger charge is -2.09. The van der Waals surface area contributed by atoms with E-state index in [-0.39, 0.29) is 0 Å². The van der Waals surface area contributed by atoms with Gasteiger partial charge in [0.1, 0.15) is 5.82 Å². The summed E-state index contributed by atoms with van der Waals surface area (Å²) in [6, 6.07) is 10.9. The van der Waals surface area contributed by atoms with Gasteiger partial charge in [0.2, 0.25) is 0 Å². The largest absolute Gasteiger partial charge is 0.365 e. The highest BCUT2D eigenvalue weighted by molar-refractivity contribution is 5.98. The molecular formula is C13H14N4O. The maximum Gasteiger partial charge on any atom is 0.252 e. The summed E-state index contributed by atoms with van der Waals surface area (Å²) in [6.45, 7) is 0.496. The maximum absolute atomic E-state index is 11.2. The predicted molar refractivity (Wildman–Crippen MR) is 70.4 cm³/mol. The minimum Gasteiger partial charge on any atom is -0.365 e. The Labute approximate surface area is 105 Å². The van der Waals surface area contributed by atoms with Crippen LogP contribution in [0, 0.1) is 0 Å². The van der Waals surface area contributed by atoms with Gasteiger partial charge in [0.25, 0.3) is 5.91 Å². The van der Waals surface area contributed by atoms with Gasteiger partial charge in [-0.15, -0.1) is 0 Å². The minimum absolute atomic E-state index is 0.361. The second-order valence-corrected chi connectivity index (χ2v) is 3.79. The molecule has 92 valence electrons. The molecule has 0 unspecified atom stereocenters. The molecule has 0 bridgehead atoms. The summed E-state index contributed by atoms with van der Waals surface area (Å²) in [5.41, 5.74) is 13.0. The third kappa shape index (κ3) is 2.64. The number of pyridine rings is 1. The Morgan fingerprint density at radius 2 is 1.94 bits per heavy atom. The van der Waals surface area contributed by atoms with Gasteiger partial charge in [0.15, 0.2) is 0 Å². The summed E-state index contributed by atoms with van der Waals surface area (Å²) < 4.78 is 0. The number of benzene rings is 1. The van der Waals surface area contributed by atoms with Crippen molar-refractivity contribution in [3.8, 4) is 0 Å². The lowest BCUT2D eigenvalue weighted by Crippen LogP contribution is -2.14. The van der Waals surface area contributed by atoms with E-state index >= 15 is 0 Å². The third-order valence-electron chi connectivity index (χ3n) is 2.53. The number of amides is 1. The zero-order chi connectivity index (χ0) is 13.0. The molecule has 5 N–H and O–H groups in total. The molecule has 0 fully saturated rings. The van der Waals surface area contributed by atoms with Crippen LogP contribution in [0.2, 0.25) is 0 Å². The standard InChI is InChI=1S/C13H14N4O/c14-8-9-3-5-10(6-4-9)17-13-11(12(15)18)2-1-7-16-13/h1-7H,8,14H2,(H2,15,18)(H,16,17). The number of hydrogen-bond donors (Lipinski definition) is 3. The first-order valence-electron chi connectivity index (χ1n) is 5.51. The van der Waals surface area contributed by atoms with Crippen LogP contribution >= 0.6 is 0 Å². The van der Waals surface area contributed by atoms with Crippen molar-refractivity contribution in [3.05, 3.63) is 53.7 Å². The van der Waals surface area contributed by atoms with Crippen LogP contribution in [0.3, 0.4) is 0 Å². The van der Waals surface area contributed by atoms with Crippen molar-refractivity contribution >= 4 is 17.4 Å². The molecule has 0 radical (unpaired) electrons. The van der Waals surface area contributed by atoms with Gasteiger partial charge in [-0.1, -0.05) is 12.1 Å². The van der Waals surface area contributed by atoms with E-state index in [0.29, 0.717) is 17.9 Å². The molecule has 5 heteroatoms. The van der Waals surface area contributed by atoms with Crippen LogP contribution in [0.4, 0.5) is 11.5 Å².